The molecule has 258 valence electrons. The number of hydrogen-bond acceptors (Lipinski definition) is 9. The van der Waals surface area contributed by atoms with E-state index in [-0.39, 0.29) is 52.7 Å². The van der Waals surface area contributed by atoms with Crippen molar-refractivity contribution in [3.8, 4) is 11.1 Å². The van der Waals surface area contributed by atoms with E-state index >= 15 is 0 Å². The molecule has 0 aliphatic heterocycles. The van der Waals surface area contributed by atoms with Gasteiger partial charge in [-0.3, -0.25) is 19.8 Å². The first-order valence-corrected chi connectivity index (χ1v) is 16.2. The first-order chi connectivity index (χ1) is 23.1. The SMILES string of the molecule is C=Cc1cc(C(=O)Cc2ccc(C(=N)N)cc2)c(-c2ccc(C(=O)NCC3CC3)nc2C(=O)OC(OC(=O)C(C)(C)C)C(C)C)cc1CO. The van der Waals surface area contributed by atoms with Gasteiger partial charge in [0.2, 0.25) is 6.29 Å². The smallest absolute Gasteiger partial charge is 0.360 e. The predicted octanol–water partition coefficient (Wildman–Crippen LogP) is 5.46. The molecule has 3 aromatic rings. The number of carbonyl (C=O) groups is 4. The minimum absolute atomic E-state index is 0.0344. The molecule has 4 rings (SSSR count). The van der Waals surface area contributed by atoms with Gasteiger partial charge >= 0.3 is 11.9 Å². The van der Waals surface area contributed by atoms with E-state index in [1.54, 1.807) is 71.0 Å². The highest BCUT2D eigenvalue weighted by atomic mass is 16.7. The molecule has 5 N–H and O–H groups in total. The van der Waals surface area contributed by atoms with Crippen molar-refractivity contribution in [1.82, 2.24) is 10.3 Å². The third kappa shape index (κ3) is 9.26. The van der Waals surface area contributed by atoms with Crippen LogP contribution in [-0.2, 0) is 27.3 Å². The van der Waals surface area contributed by atoms with Gasteiger partial charge in [0.25, 0.3) is 5.91 Å². The molecule has 1 fully saturated rings. The van der Waals surface area contributed by atoms with Gasteiger partial charge in [0, 0.05) is 35.6 Å². The number of nitrogens with zero attached hydrogens (tertiary/aromatic N) is 1. The molecule has 11 heteroatoms. The van der Waals surface area contributed by atoms with Crippen LogP contribution in [0, 0.1) is 22.7 Å². The Bertz CT molecular complexity index is 1770. The minimum atomic E-state index is -1.27. The topological polar surface area (TPSA) is 182 Å². The number of esters is 2. The van der Waals surface area contributed by atoms with Crippen LogP contribution in [0.15, 0.2) is 55.1 Å². The van der Waals surface area contributed by atoms with Crippen molar-refractivity contribution in [3.63, 3.8) is 0 Å². The number of ketones is 1. The van der Waals surface area contributed by atoms with Crippen molar-refractivity contribution in [3.05, 3.63) is 94.3 Å². The molecule has 1 aliphatic carbocycles. The summed E-state index contributed by atoms with van der Waals surface area (Å²) in [5, 5.41) is 20.7. The number of carbonyl (C=O) groups excluding carboxylic acids is 4. The number of amidine groups is 1. The number of nitrogen functional groups attached to an aromatic ring is 1. The highest BCUT2D eigenvalue weighted by molar-refractivity contribution is 6.07. The molecule has 1 atom stereocenters. The fourth-order valence-electron chi connectivity index (χ4n) is 4.87. The van der Waals surface area contributed by atoms with Crippen LogP contribution >= 0.6 is 0 Å². The van der Waals surface area contributed by atoms with Crippen LogP contribution in [0.3, 0.4) is 0 Å². The second-order valence-electron chi connectivity index (χ2n) is 13.6. The molecule has 11 nitrogen and oxygen atoms in total. The number of pyridine rings is 1. The molecule has 1 unspecified atom stereocenters. The lowest BCUT2D eigenvalue weighted by atomic mass is 9.89. The fraction of sp³-hybridized carbons (Fsp3) is 0.368. The van der Waals surface area contributed by atoms with Crippen LogP contribution in [-0.4, -0.2) is 52.4 Å². The van der Waals surface area contributed by atoms with E-state index in [0.717, 1.165) is 12.8 Å². The zero-order valence-corrected chi connectivity index (χ0v) is 28.6. The molecule has 1 amide bonds. The van der Waals surface area contributed by atoms with Crippen molar-refractivity contribution in [2.75, 3.05) is 6.54 Å². The van der Waals surface area contributed by atoms with Gasteiger partial charge in [-0.1, -0.05) is 50.8 Å². The summed E-state index contributed by atoms with van der Waals surface area (Å²) in [6.07, 6.45) is 2.27. The largest absolute Gasteiger partial charge is 0.424 e. The highest BCUT2D eigenvalue weighted by Crippen LogP contribution is 2.33. The second kappa shape index (κ2) is 15.4. The number of aliphatic hydroxyl groups is 1. The van der Waals surface area contributed by atoms with Crippen LogP contribution in [0.25, 0.3) is 17.2 Å². The Morgan fingerprint density at radius 2 is 1.73 bits per heavy atom. The molecule has 1 aliphatic rings. The summed E-state index contributed by atoms with van der Waals surface area (Å²) < 4.78 is 11.3. The number of ether oxygens (including phenoxy) is 2. The van der Waals surface area contributed by atoms with Crippen molar-refractivity contribution in [2.24, 2.45) is 23.0 Å². The summed E-state index contributed by atoms with van der Waals surface area (Å²) in [4.78, 5) is 58.2. The normalized spacial score (nSPS) is 13.4. The first-order valence-electron chi connectivity index (χ1n) is 16.2. The van der Waals surface area contributed by atoms with Gasteiger partial charge in [0.05, 0.1) is 12.0 Å². The average Bonchev–Trinajstić information content (AvgIpc) is 3.90. The van der Waals surface area contributed by atoms with Crippen LogP contribution in [0.4, 0.5) is 0 Å². The lowest BCUT2D eigenvalue weighted by molar-refractivity contribution is -0.184. The lowest BCUT2D eigenvalue weighted by Crippen LogP contribution is -2.34. The number of hydrogen-bond donors (Lipinski definition) is 4. The fourth-order valence-corrected chi connectivity index (χ4v) is 4.87. The van der Waals surface area contributed by atoms with Gasteiger partial charge in [-0.2, -0.15) is 0 Å². The van der Waals surface area contributed by atoms with Crippen molar-refractivity contribution >= 4 is 35.5 Å². The number of aromatic nitrogens is 1. The highest BCUT2D eigenvalue weighted by Gasteiger charge is 2.32. The van der Waals surface area contributed by atoms with Gasteiger partial charge < -0.3 is 25.6 Å². The van der Waals surface area contributed by atoms with E-state index in [1.807, 2.05) is 0 Å². The van der Waals surface area contributed by atoms with E-state index in [0.29, 0.717) is 34.7 Å². The standard InChI is InChI=1S/C38H44N4O7/c1-7-24-17-29(31(44)16-22-10-12-25(13-11-22)33(39)40)28(18-26(24)20-43)27-14-15-30(34(45)41-19-23-8-9-23)42-32(27)35(46)48-36(21(2)3)49-37(47)38(4,5)6/h7,10-15,17-18,21,23,36,43H,1,8-9,16,19-20H2,2-6H3,(H3,39,40)(H,41,45). The molecule has 1 heterocycles. The summed E-state index contributed by atoms with van der Waals surface area (Å²) in [7, 11) is 0. The maximum atomic E-state index is 14.0. The molecule has 0 spiro atoms. The summed E-state index contributed by atoms with van der Waals surface area (Å²) in [5.74, 6) is -2.45. The number of aliphatic hydroxyl groups excluding tert-OH is 1. The molecule has 0 saturated heterocycles. The number of amides is 1. The molecule has 0 radical (unpaired) electrons. The molecular weight excluding hydrogens is 624 g/mol. The van der Waals surface area contributed by atoms with E-state index in [2.05, 4.69) is 16.9 Å². The number of Topliss-reactive ketones (excluding diaryl/α,β-unsaturated/α-hetero) is 1. The Hall–Kier alpha value is -5.16. The molecule has 2 aromatic carbocycles. The number of rotatable bonds is 14. The van der Waals surface area contributed by atoms with Gasteiger partial charge in [-0.15, -0.1) is 0 Å². The zero-order valence-electron chi connectivity index (χ0n) is 28.6. The molecule has 1 saturated carbocycles. The Labute approximate surface area is 286 Å². The summed E-state index contributed by atoms with van der Waals surface area (Å²) in [6.45, 7) is 12.4. The third-order valence-corrected chi connectivity index (χ3v) is 8.06. The quantitative estimate of drug-likeness (QED) is 0.0570. The maximum absolute atomic E-state index is 14.0. The van der Waals surface area contributed by atoms with Crippen LogP contribution < -0.4 is 11.1 Å². The van der Waals surface area contributed by atoms with Crippen molar-refractivity contribution in [1.29, 1.82) is 5.41 Å². The van der Waals surface area contributed by atoms with Crippen molar-refractivity contribution < 1.29 is 33.8 Å². The Morgan fingerprint density at radius 1 is 1.06 bits per heavy atom. The van der Waals surface area contributed by atoms with Gasteiger partial charge in [-0.05, 0) is 86.1 Å². The number of nitrogens with one attached hydrogen (secondary N) is 2. The third-order valence-electron chi connectivity index (χ3n) is 8.06. The predicted molar refractivity (Wildman–Crippen MR) is 186 cm³/mol. The van der Waals surface area contributed by atoms with Crippen LogP contribution in [0.5, 0.6) is 0 Å². The Morgan fingerprint density at radius 3 is 2.29 bits per heavy atom. The second-order valence-corrected chi connectivity index (χ2v) is 13.6. The van der Waals surface area contributed by atoms with Crippen LogP contribution in [0.1, 0.15) is 101 Å². The van der Waals surface area contributed by atoms with Gasteiger partial charge in [0.1, 0.15) is 11.5 Å². The van der Waals surface area contributed by atoms with E-state index in [4.69, 9.17) is 20.6 Å². The summed E-state index contributed by atoms with van der Waals surface area (Å²) in [6, 6.07) is 12.9. The van der Waals surface area contributed by atoms with Crippen LogP contribution in [0.2, 0.25) is 0 Å². The van der Waals surface area contributed by atoms with E-state index in [9.17, 15) is 24.3 Å². The monoisotopic (exact) mass is 668 g/mol. The molecular formula is C38H44N4O7. The maximum Gasteiger partial charge on any atom is 0.360 e. The van der Waals surface area contributed by atoms with Gasteiger partial charge in [0.15, 0.2) is 11.5 Å². The van der Waals surface area contributed by atoms with E-state index < -0.39 is 35.5 Å². The first kappa shape index (κ1) is 36.7. The lowest BCUT2D eigenvalue weighted by Gasteiger charge is -2.26. The Kier molecular flexibility index (Phi) is 11.5. The number of nitrogens with two attached hydrogens (primary N) is 1. The molecule has 49 heavy (non-hydrogen) atoms. The van der Waals surface area contributed by atoms with Crippen molar-refractivity contribution in [2.45, 2.75) is 66.8 Å². The summed E-state index contributed by atoms with van der Waals surface area (Å²) in [5.41, 5.74) is 7.21. The van der Waals surface area contributed by atoms with Gasteiger partial charge in [-0.25, -0.2) is 9.78 Å². The molecule has 0 bridgehead atoms. The Balaban J connectivity index is 1.82. The summed E-state index contributed by atoms with van der Waals surface area (Å²) >= 11 is 0. The van der Waals surface area contributed by atoms with E-state index in [1.165, 1.54) is 18.2 Å². The average molecular weight is 669 g/mol. The minimum Gasteiger partial charge on any atom is -0.424 e. The number of benzene rings is 2. The molecule has 1 aromatic heterocycles. The zero-order chi connectivity index (χ0) is 36.0.